The molecule has 0 aromatic heterocycles. The van der Waals surface area contributed by atoms with E-state index in [4.69, 9.17) is 5.73 Å². The molecule has 18 heavy (non-hydrogen) atoms. The third kappa shape index (κ3) is 4.82. The zero-order valence-corrected chi connectivity index (χ0v) is 12.1. The molecule has 0 heterocycles. The van der Waals surface area contributed by atoms with Crippen LogP contribution in [0.15, 0.2) is 0 Å². The number of halogens is 1. The summed E-state index contributed by atoms with van der Waals surface area (Å²) in [7, 11) is 3.54. The Bertz CT molecular complexity index is 295. The molecule has 106 valence electrons. The third-order valence-corrected chi connectivity index (χ3v) is 3.22. The maximum atomic E-state index is 11.9. The average Bonchev–Trinajstić information content (AvgIpc) is 2.28. The van der Waals surface area contributed by atoms with Crippen molar-refractivity contribution in [3.63, 3.8) is 0 Å². The van der Waals surface area contributed by atoms with E-state index in [1.807, 2.05) is 0 Å². The first kappa shape index (κ1) is 17.2. The zero-order valence-electron chi connectivity index (χ0n) is 11.3. The molecule has 5 nitrogen and oxygen atoms in total. The van der Waals surface area contributed by atoms with Gasteiger partial charge in [-0.05, 0) is 26.2 Å². The molecule has 0 bridgehead atoms. The molecule has 0 aliphatic heterocycles. The first-order valence-electron chi connectivity index (χ1n) is 6.19. The number of nitrogens with two attached hydrogens (primary N) is 1. The second-order valence-corrected chi connectivity index (χ2v) is 5.09. The van der Waals surface area contributed by atoms with Crippen molar-refractivity contribution in [3.05, 3.63) is 0 Å². The van der Waals surface area contributed by atoms with Crippen LogP contribution in [0.3, 0.4) is 0 Å². The summed E-state index contributed by atoms with van der Waals surface area (Å²) in [5.74, 6) is 0.0647. The molecule has 2 unspecified atom stereocenters. The largest absolute Gasteiger partial charge is 0.352 e. The van der Waals surface area contributed by atoms with Gasteiger partial charge in [-0.1, -0.05) is 6.42 Å². The molecule has 0 aromatic carbocycles. The monoisotopic (exact) mass is 277 g/mol. The molecule has 0 radical (unpaired) electrons. The summed E-state index contributed by atoms with van der Waals surface area (Å²) in [6.45, 7) is 1.67. The Morgan fingerprint density at radius 1 is 1.33 bits per heavy atom. The highest BCUT2D eigenvalue weighted by molar-refractivity contribution is 5.85. The fourth-order valence-corrected chi connectivity index (χ4v) is 2.24. The van der Waals surface area contributed by atoms with E-state index in [0.717, 1.165) is 25.7 Å². The van der Waals surface area contributed by atoms with Gasteiger partial charge in [0.1, 0.15) is 0 Å². The van der Waals surface area contributed by atoms with Gasteiger partial charge < -0.3 is 16.0 Å². The van der Waals surface area contributed by atoms with Gasteiger partial charge in [0.25, 0.3) is 0 Å². The predicted molar refractivity (Wildman–Crippen MR) is 73.5 cm³/mol. The highest BCUT2D eigenvalue weighted by atomic mass is 35.5. The SMILES string of the molecule is C[C@@H](N)C(=O)NC1CCCC(C(=O)N(C)C)C1.Cl. The Kier molecular flexibility index (Phi) is 7.25. The molecule has 1 rings (SSSR count). The lowest BCUT2D eigenvalue weighted by Crippen LogP contribution is -2.47. The maximum absolute atomic E-state index is 11.9. The van der Waals surface area contributed by atoms with Gasteiger partial charge in [0, 0.05) is 26.1 Å². The van der Waals surface area contributed by atoms with E-state index < -0.39 is 6.04 Å². The third-order valence-electron chi connectivity index (χ3n) is 3.22. The molecule has 6 heteroatoms. The van der Waals surface area contributed by atoms with Crippen LogP contribution in [0.25, 0.3) is 0 Å². The maximum Gasteiger partial charge on any atom is 0.236 e. The molecular weight excluding hydrogens is 254 g/mol. The van der Waals surface area contributed by atoms with Crippen molar-refractivity contribution in [2.24, 2.45) is 11.7 Å². The van der Waals surface area contributed by atoms with E-state index >= 15 is 0 Å². The molecule has 1 aliphatic rings. The lowest BCUT2D eigenvalue weighted by Gasteiger charge is -2.30. The fourth-order valence-electron chi connectivity index (χ4n) is 2.24. The Labute approximate surface area is 115 Å². The Balaban J connectivity index is 0.00000289. The van der Waals surface area contributed by atoms with Gasteiger partial charge in [-0.2, -0.15) is 0 Å². The van der Waals surface area contributed by atoms with Crippen LogP contribution in [0.1, 0.15) is 32.6 Å². The van der Waals surface area contributed by atoms with Crippen molar-refractivity contribution in [3.8, 4) is 0 Å². The van der Waals surface area contributed by atoms with Crippen LogP contribution in [-0.2, 0) is 9.59 Å². The minimum absolute atomic E-state index is 0. The molecule has 0 aromatic rings. The summed E-state index contributed by atoms with van der Waals surface area (Å²) in [5, 5.41) is 2.91. The summed E-state index contributed by atoms with van der Waals surface area (Å²) in [5.41, 5.74) is 5.51. The van der Waals surface area contributed by atoms with E-state index in [0.29, 0.717) is 0 Å². The molecule has 1 saturated carbocycles. The second-order valence-electron chi connectivity index (χ2n) is 5.09. The molecule has 1 aliphatic carbocycles. The number of rotatable bonds is 3. The van der Waals surface area contributed by atoms with E-state index in [1.54, 1.807) is 25.9 Å². The van der Waals surface area contributed by atoms with Gasteiger partial charge in [-0.15, -0.1) is 12.4 Å². The Morgan fingerprint density at radius 3 is 2.44 bits per heavy atom. The van der Waals surface area contributed by atoms with Crippen molar-refractivity contribution < 1.29 is 9.59 Å². The van der Waals surface area contributed by atoms with Gasteiger partial charge in [0.15, 0.2) is 0 Å². The normalized spacial score (nSPS) is 24.7. The molecule has 0 spiro atoms. The summed E-state index contributed by atoms with van der Waals surface area (Å²) in [6.07, 6.45) is 3.57. The molecule has 1 fully saturated rings. The molecule has 0 saturated heterocycles. The standard InChI is InChI=1S/C12H23N3O2.ClH/c1-8(13)11(16)14-10-6-4-5-9(7-10)12(17)15(2)3;/h8-10H,4-7,13H2,1-3H3,(H,14,16);1H/t8-,9?,10?;/m1./s1. The molecular formula is C12H24ClN3O2. The molecule has 3 N–H and O–H groups in total. The van der Waals surface area contributed by atoms with Crippen LogP contribution in [0.4, 0.5) is 0 Å². The zero-order chi connectivity index (χ0) is 13.0. The van der Waals surface area contributed by atoms with Crippen LogP contribution in [0.5, 0.6) is 0 Å². The smallest absolute Gasteiger partial charge is 0.236 e. The molecule has 2 amide bonds. The minimum Gasteiger partial charge on any atom is -0.352 e. The highest BCUT2D eigenvalue weighted by Gasteiger charge is 2.29. The van der Waals surface area contributed by atoms with Crippen molar-refractivity contribution in [1.29, 1.82) is 0 Å². The lowest BCUT2D eigenvalue weighted by atomic mass is 9.85. The van der Waals surface area contributed by atoms with Crippen molar-refractivity contribution in [2.75, 3.05) is 14.1 Å². The van der Waals surface area contributed by atoms with Gasteiger partial charge in [0.2, 0.25) is 11.8 Å². The summed E-state index contributed by atoms with van der Waals surface area (Å²) < 4.78 is 0. The van der Waals surface area contributed by atoms with Gasteiger partial charge in [-0.3, -0.25) is 9.59 Å². The topological polar surface area (TPSA) is 75.4 Å². The molecule has 3 atom stereocenters. The minimum atomic E-state index is -0.486. The van der Waals surface area contributed by atoms with E-state index in [2.05, 4.69) is 5.32 Å². The average molecular weight is 278 g/mol. The highest BCUT2D eigenvalue weighted by Crippen LogP contribution is 2.25. The van der Waals surface area contributed by atoms with Gasteiger partial charge in [-0.25, -0.2) is 0 Å². The van der Waals surface area contributed by atoms with Crippen molar-refractivity contribution in [1.82, 2.24) is 10.2 Å². The number of nitrogens with zero attached hydrogens (tertiary/aromatic N) is 1. The first-order chi connectivity index (χ1) is 7.91. The van der Waals surface area contributed by atoms with Gasteiger partial charge >= 0.3 is 0 Å². The Hall–Kier alpha value is -0.810. The van der Waals surface area contributed by atoms with E-state index in [9.17, 15) is 9.59 Å². The number of carbonyl (C=O) groups excluding carboxylic acids is 2. The summed E-state index contributed by atoms with van der Waals surface area (Å²) in [6, 6.07) is -0.393. The van der Waals surface area contributed by atoms with Gasteiger partial charge in [0.05, 0.1) is 6.04 Å². The van der Waals surface area contributed by atoms with Crippen LogP contribution in [-0.4, -0.2) is 42.9 Å². The second kappa shape index (κ2) is 7.59. The fraction of sp³-hybridized carbons (Fsp3) is 0.833. The lowest BCUT2D eigenvalue weighted by molar-refractivity contribution is -0.134. The summed E-state index contributed by atoms with van der Waals surface area (Å²) >= 11 is 0. The Morgan fingerprint density at radius 2 is 1.94 bits per heavy atom. The number of nitrogens with one attached hydrogen (secondary N) is 1. The number of carbonyl (C=O) groups is 2. The predicted octanol–water partition coefficient (Wildman–Crippen LogP) is 0.519. The quantitative estimate of drug-likeness (QED) is 0.790. The van der Waals surface area contributed by atoms with Crippen LogP contribution in [0, 0.1) is 5.92 Å². The van der Waals surface area contributed by atoms with Crippen LogP contribution < -0.4 is 11.1 Å². The number of hydrogen-bond acceptors (Lipinski definition) is 3. The first-order valence-corrected chi connectivity index (χ1v) is 6.19. The number of hydrogen-bond donors (Lipinski definition) is 2. The van der Waals surface area contributed by atoms with Crippen LogP contribution >= 0.6 is 12.4 Å². The van der Waals surface area contributed by atoms with E-state index in [-0.39, 0.29) is 36.2 Å². The van der Waals surface area contributed by atoms with E-state index in [1.165, 1.54) is 0 Å². The van der Waals surface area contributed by atoms with Crippen molar-refractivity contribution >= 4 is 24.2 Å². The summed E-state index contributed by atoms with van der Waals surface area (Å²) in [4.78, 5) is 25.0. The number of amides is 2. The van der Waals surface area contributed by atoms with Crippen LogP contribution in [0.2, 0.25) is 0 Å². The van der Waals surface area contributed by atoms with Crippen molar-refractivity contribution in [2.45, 2.75) is 44.7 Å².